The van der Waals surface area contributed by atoms with Gasteiger partial charge in [0.15, 0.2) is 0 Å². The molecule has 0 unspecified atom stereocenters. The van der Waals surface area contributed by atoms with Crippen LogP contribution < -0.4 is 5.32 Å². The Morgan fingerprint density at radius 3 is 2.75 bits per heavy atom. The smallest absolute Gasteiger partial charge is 0.321 e. The molecule has 0 bridgehead atoms. The van der Waals surface area contributed by atoms with Gasteiger partial charge in [-0.15, -0.1) is 0 Å². The summed E-state index contributed by atoms with van der Waals surface area (Å²) in [4.78, 5) is 13.6. The first-order valence-electron chi connectivity index (χ1n) is 6.77. The standard InChI is InChI=1S/C15H24N2O2S/c1-11(18)8-9-17(3)15(19)16-14-7-5-6-13(10-14)12(2)20-4/h5-7,10-12,18H,8-9H2,1-4H3,(H,16,19)/t11-,12+/m1/s1. The van der Waals surface area contributed by atoms with Crippen molar-refractivity contribution in [2.24, 2.45) is 0 Å². The van der Waals surface area contributed by atoms with E-state index in [1.54, 1.807) is 30.6 Å². The molecule has 5 heteroatoms. The molecule has 1 rings (SSSR count). The van der Waals surface area contributed by atoms with Gasteiger partial charge in [-0.1, -0.05) is 12.1 Å². The van der Waals surface area contributed by atoms with E-state index < -0.39 is 6.10 Å². The maximum atomic E-state index is 12.0. The number of thioether (sulfide) groups is 1. The molecule has 4 nitrogen and oxygen atoms in total. The molecule has 0 aliphatic rings. The number of nitrogens with zero attached hydrogens (tertiary/aromatic N) is 1. The zero-order valence-electron chi connectivity index (χ0n) is 12.6. The zero-order chi connectivity index (χ0) is 15.1. The molecule has 1 aromatic rings. The summed E-state index contributed by atoms with van der Waals surface area (Å²) in [7, 11) is 1.73. The Morgan fingerprint density at radius 2 is 2.15 bits per heavy atom. The molecule has 0 radical (unpaired) electrons. The van der Waals surface area contributed by atoms with Gasteiger partial charge in [0.05, 0.1) is 6.10 Å². The van der Waals surface area contributed by atoms with Crippen molar-refractivity contribution in [3.63, 3.8) is 0 Å². The third kappa shape index (κ3) is 5.43. The van der Waals surface area contributed by atoms with Gasteiger partial charge in [0.2, 0.25) is 0 Å². The number of nitrogens with one attached hydrogen (secondary N) is 1. The van der Waals surface area contributed by atoms with E-state index in [9.17, 15) is 9.90 Å². The van der Waals surface area contributed by atoms with Crippen LogP contribution in [-0.4, -0.2) is 42.0 Å². The van der Waals surface area contributed by atoms with Crippen LogP contribution >= 0.6 is 11.8 Å². The number of benzene rings is 1. The summed E-state index contributed by atoms with van der Waals surface area (Å²) >= 11 is 1.77. The highest BCUT2D eigenvalue weighted by Crippen LogP contribution is 2.27. The lowest BCUT2D eigenvalue weighted by molar-refractivity contribution is 0.167. The molecule has 0 aliphatic carbocycles. The van der Waals surface area contributed by atoms with Crippen LogP contribution in [0.2, 0.25) is 0 Å². The topological polar surface area (TPSA) is 52.6 Å². The lowest BCUT2D eigenvalue weighted by Gasteiger charge is -2.19. The highest BCUT2D eigenvalue weighted by molar-refractivity contribution is 7.98. The second-order valence-electron chi connectivity index (χ2n) is 4.99. The molecule has 0 heterocycles. The maximum absolute atomic E-state index is 12.0. The Morgan fingerprint density at radius 1 is 1.45 bits per heavy atom. The Hall–Kier alpha value is -1.20. The first kappa shape index (κ1) is 16.9. The van der Waals surface area contributed by atoms with E-state index in [-0.39, 0.29) is 6.03 Å². The molecule has 20 heavy (non-hydrogen) atoms. The minimum absolute atomic E-state index is 0.153. The normalized spacial score (nSPS) is 13.7. The number of carbonyl (C=O) groups is 1. The van der Waals surface area contributed by atoms with Crippen molar-refractivity contribution >= 4 is 23.5 Å². The van der Waals surface area contributed by atoms with Gasteiger partial charge in [0.25, 0.3) is 0 Å². The average Bonchev–Trinajstić information content (AvgIpc) is 2.43. The molecule has 0 spiro atoms. The third-order valence-electron chi connectivity index (χ3n) is 3.19. The summed E-state index contributed by atoms with van der Waals surface area (Å²) in [5.41, 5.74) is 2.00. The minimum atomic E-state index is -0.393. The van der Waals surface area contributed by atoms with Crippen LogP contribution in [0.5, 0.6) is 0 Å². The summed E-state index contributed by atoms with van der Waals surface area (Å²) in [6, 6.07) is 7.75. The number of urea groups is 1. The molecule has 0 fully saturated rings. The lowest BCUT2D eigenvalue weighted by Crippen LogP contribution is -2.33. The van der Waals surface area contributed by atoms with Gasteiger partial charge >= 0.3 is 6.03 Å². The van der Waals surface area contributed by atoms with Gasteiger partial charge in [0.1, 0.15) is 0 Å². The van der Waals surface area contributed by atoms with E-state index >= 15 is 0 Å². The Bertz CT molecular complexity index is 438. The number of anilines is 1. The summed E-state index contributed by atoms with van der Waals surface area (Å²) in [6.07, 6.45) is 2.25. The Balaban J connectivity index is 2.61. The van der Waals surface area contributed by atoms with Gasteiger partial charge in [-0.3, -0.25) is 0 Å². The molecule has 112 valence electrons. The summed E-state index contributed by atoms with van der Waals surface area (Å²) in [5.74, 6) is 0. The van der Waals surface area contributed by atoms with E-state index in [4.69, 9.17) is 0 Å². The largest absolute Gasteiger partial charge is 0.393 e. The lowest BCUT2D eigenvalue weighted by atomic mass is 10.1. The van der Waals surface area contributed by atoms with Crippen molar-refractivity contribution in [1.82, 2.24) is 4.90 Å². The first-order valence-corrected chi connectivity index (χ1v) is 8.05. The van der Waals surface area contributed by atoms with Crippen LogP contribution in [0.4, 0.5) is 10.5 Å². The SMILES string of the molecule is CS[C@@H](C)c1cccc(NC(=O)N(C)CC[C@@H](C)O)c1. The average molecular weight is 296 g/mol. The van der Waals surface area contributed by atoms with Crippen molar-refractivity contribution in [1.29, 1.82) is 0 Å². The van der Waals surface area contributed by atoms with E-state index in [0.29, 0.717) is 18.2 Å². The van der Waals surface area contributed by atoms with Crippen molar-refractivity contribution in [3.05, 3.63) is 29.8 Å². The fraction of sp³-hybridized carbons (Fsp3) is 0.533. The number of rotatable bonds is 6. The minimum Gasteiger partial charge on any atom is -0.393 e. The highest BCUT2D eigenvalue weighted by Gasteiger charge is 2.11. The molecule has 0 saturated carbocycles. The number of hydrogen-bond acceptors (Lipinski definition) is 3. The van der Waals surface area contributed by atoms with Gasteiger partial charge in [0, 0.05) is 24.5 Å². The molecule has 2 amide bonds. The zero-order valence-corrected chi connectivity index (χ0v) is 13.4. The predicted molar refractivity (Wildman–Crippen MR) is 86.3 cm³/mol. The molecule has 0 saturated heterocycles. The molecular formula is C15H24N2O2S. The van der Waals surface area contributed by atoms with Crippen LogP contribution in [-0.2, 0) is 0 Å². The van der Waals surface area contributed by atoms with E-state index in [1.165, 1.54) is 5.56 Å². The van der Waals surface area contributed by atoms with Gasteiger partial charge in [-0.25, -0.2) is 4.79 Å². The Labute approximate surface area is 125 Å². The molecule has 2 atom stereocenters. The molecular weight excluding hydrogens is 272 g/mol. The van der Waals surface area contributed by atoms with Crippen LogP contribution in [0.25, 0.3) is 0 Å². The van der Waals surface area contributed by atoms with Crippen molar-refractivity contribution < 1.29 is 9.90 Å². The van der Waals surface area contributed by atoms with Crippen LogP contribution in [0.3, 0.4) is 0 Å². The predicted octanol–water partition coefficient (Wildman–Crippen LogP) is 3.35. The monoisotopic (exact) mass is 296 g/mol. The van der Waals surface area contributed by atoms with E-state index in [1.807, 2.05) is 18.2 Å². The number of hydrogen-bond donors (Lipinski definition) is 2. The van der Waals surface area contributed by atoms with Gasteiger partial charge in [-0.05, 0) is 44.2 Å². The maximum Gasteiger partial charge on any atom is 0.321 e. The summed E-state index contributed by atoms with van der Waals surface area (Å²) in [5, 5.41) is 12.5. The van der Waals surface area contributed by atoms with Crippen molar-refractivity contribution in [3.8, 4) is 0 Å². The molecule has 0 aromatic heterocycles. The summed E-state index contributed by atoms with van der Waals surface area (Å²) in [6.45, 7) is 4.39. The van der Waals surface area contributed by atoms with Gasteiger partial charge < -0.3 is 15.3 Å². The van der Waals surface area contributed by atoms with Crippen molar-refractivity contribution in [2.45, 2.75) is 31.6 Å². The van der Waals surface area contributed by atoms with E-state index in [2.05, 4.69) is 24.6 Å². The first-order chi connectivity index (χ1) is 9.43. The number of aliphatic hydroxyl groups excluding tert-OH is 1. The van der Waals surface area contributed by atoms with Gasteiger partial charge in [-0.2, -0.15) is 11.8 Å². The fourth-order valence-electron chi connectivity index (χ4n) is 1.71. The number of carbonyl (C=O) groups excluding carboxylic acids is 1. The van der Waals surface area contributed by atoms with E-state index in [0.717, 1.165) is 5.69 Å². The number of aliphatic hydroxyl groups is 1. The fourth-order valence-corrected chi connectivity index (χ4v) is 2.13. The van der Waals surface area contributed by atoms with Crippen LogP contribution in [0.15, 0.2) is 24.3 Å². The third-order valence-corrected chi connectivity index (χ3v) is 4.17. The molecule has 1 aromatic carbocycles. The van der Waals surface area contributed by atoms with Crippen LogP contribution in [0, 0.1) is 0 Å². The van der Waals surface area contributed by atoms with Crippen LogP contribution in [0.1, 0.15) is 31.1 Å². The van der Waals surface area contributed by atoms with Crippen molar-refractivity contribution in [2.75, 3.05) is 25.2 Å². The molecule has 0 aliphatic heterocycles. The second kappa shape index (κ2) is 8.17. The Kier molecular flexibility index (Phi) is 6.88. The second-order valence-corrected chi connectivity index (χ2v) is 6.17. The highest BCUT2D eigenvalue weighted by atomic mass is 32.2. The number of amides is 2. The molecule has 2 N–H and O–H groups in total. The quantitative estimate of drug-likeness (QED) is 0.846. The summed E-state index contributed by atoms with van der Waals surface area (Å²) < 4.78 is 0.